The number of esters is 1. The highest BCUT2D eigenvalue weighted by molar-refractivity contribution is 5.71. The molecule has 0 aromatic rings. The molecule has 0 unspecified atom stereocenters. The SMILES string of the molecule is CCCCCCCCCCOCCOCCOCCOCCOCCOCCOCCOCC(=O)OC(C)(C)C. The first-order chi connectivity index (χ1) is 19.5. The lowest BCUT2D eigenvalue weighted by Crippen LogP contribution is -2.27. The fourth-order valence-electron chi connectivity index (χ4n) is 3.40. The predicted molar refractivity (Wildman–Crippen MR) is 155 cm³/mol. The van der Waals surface area contributed by atoms with Gasteiger partial charge in [0.15, 0.2) is 0 Å². The van der Waals surface area contributed by atoms with Crippen molar-refractivity contribution in [3.63, 3.8) is 0 Å². The van der Waals surface area contributed by atoms with Gasteiger partial charge >= 0.3 is 5.97 Å². The van der Waals surface area contributed by atoms with Crippen LogP contribution in [0.1, 0.15) is 79.1 Å². The molecule has 40 heavy (non-hydrogen) atoms. The second kappa shape index (κ2) is 31.1. The quantitative estimate of drug-likeness (QED) is 0.0829. The maximum Gasteiger partial charge on any atom is 0.332 e. The Morgan fingerprint density at radius 2 is 0.725 bits per heavy atom. The lowest BCUT2D eigenvalue weighted by atomic mass is 10.1. The van der Waals surface area contributed by atoms with Crippen LogP contribution in [0.15, 0.2) is 0 Å². The van der Waals surface area contributed by atoms with Gasteiger partial charge in [0.2, 0.25) is 0 Å². The first-order valence-corrected chi connectivity index (χ1v) is 15.3. The summed E-state index contributed by atoms with van der Waals surface area (Å²) in [5.41, 5.74) is -0.502. The Kier molecular flexibility index (Phi) is 30.4. The molecule has 0 rings (SSSR count). The number of hydrogen-bond donors (Lipinski definition) is 0. The predicted octanol–water partition coefficient (Wildman–Crippen LogP) is 4.60. The van der Waals surface area contributed by atoms with E-state index in [0.29, 0.717) is 92.5 Å². The van der Waals surface area contributed by atoms with Crippen molar-refractivity contribution >= 4 is 5.97 Å². The Labute approximate surface area is 244 Å². The summed E-state index contributed by atoms with van der Waals surface area (Å²) in [6.45, 7) is 15.6. The number of carbonyl (C=O) groups is 1. The van der Waals surface area contributed by atoms with Crippen molar-refractivity contribution in [2.75, 3.05) is 106 Å². The smallest absolute Gasteiger partial charge is 0.332 e. The molecule has 0 heterocycles. The molecular weight excluding hydrogens is 520 g/mol. The zero-order valence-corrected chi connectivity index (χ0v) is 26.1. The van der Waals surface area contributed by atoms with Crippen LogP contribution in [0.2, 0.25) is 0 Å². The normalized spacial score (nSPS) is 11.8. The van der Waals surface area contributed by atoms with Gasteiger partial charge in [-0.1, -0.05) is 51.9 Å². The zero-order valence-electron chi connectivity index (χ0n) is 26.1. The Hall–Kier alpha value is -0.850. The standard InChI is InChI=1S/C30H60O10/c1-5-6-7-8-9-10-11-12-13-32-14-15-33-16-17-34-18-19-35-20-21-36-22-23-37-24-25-38-26-27-39-28-29(31)40-30(2,3)4/h5-28H2,1-4H3. The first kappa shape index (κ1) is 39.1. The molecular formula is C30H60O10. The number of ether oxygens (including phenoxy) is 9. The fraction of sp³-hybridized carbons (Fsp3) is 0.967. The van der Waals surface area contributed by atoms with Gasteiger partial charge in [0.05, 0.1) is 92.5 Å². The highest BCUT2D eigenvalue weighted by Gasteiger charge is 2.15. The van der Waals surface area contributed by atoms with Crippen LogP contribution < -0.4 is 0 Å². The number of unbranched alkanes of at least 4 members (excludes halogenated alkanes) is 7. The van der Waals surface area contributed by atoms with Crippen molar-refractivity contribution in [1.82, 2.24) is 0 Å². The molecule has 0 fully saturated rings. The van der Waals surface area contributed by atoms with Crippen LogP contribution in [0, 0.1) is 0 Å². The number of rotatable bonds is 32. The minimum atomic E-state index is -0.502. The van der Waals surface area contributed by atoms with E-state index in [9.17, 15) is 4.79 Å². The molecule has 0 aliphatic rings. The lowest BCUT2D eigenvalue weighted by Gasteiger charge is -2.19. The van der Waals surface area contributed by atoms with E-state index in [1.54, 1.807) is 0 Å². The molecule has 0 aliphatic heterocycles. The van der Waals surface area contributed by atoms with E-state index in [1.165, 1.54) is 44.9 Å². The average Bonchev–Trinajstić information content (AvgIpc) is 2.90. The molecule has 0 N–H and O–H groups in total. The number of hydrogen-bond acceptors (Lipinski definition) is 10. The van der Waals surface area contributed by atoms with Crippen molar-refractivity contribution < 1.29 is 47.4 Å². The second-order valence-electron chi connectivity index (χ2n) is 10.4. The van der Waals surface area contributed by atoms with Gasteiger partial charge in [0.1, 0.15) is 12.2 Å². The van der Waals surface area contributed by atoms with Gasteiger partial charge in [0, 0.05) is 6.61 Å². The molecule has 240 valence electrons. The highest BCUT2D eigenvalue weighted by Crippen LogP contribution is 2.08. The Morgan fingerprint density at radius 1 is 0.425 bits per heavy atom. The Bertz CT molecular complexity index is 513. The van der Waals surface area contributed by atoms with E-state index in [0.717, 1.165) is 13.0 Å². The molecule has 0 bridgehead atoms. The summed E-state index contributed by atoms with van der Waals surface area (Å²) in [6.07, 6.45) is 10.5. The maximum absolute atomic E-state index is 11.5. The highest BCUT2D eigenvalue weighted by atomic mass is 16.6. The van der Waals surface area contributed by atoms with Gasteiger partial charge in [-0.15, -0.1) is 0 Å². The molecule has 0 saturated carbocycles. The minimum absolute atomic E-state index is 0.0735. The van der Waals surface area contributed by atoms with Crippen LogP contribution in [-0.4, -0.2) is 117 Å². The molecule has 0 spiro atoms. The van der Waals surface area contributed by atoms with E-state index >= 15 is 0 Å². The molecule has 10 nitrogen and oxygen atoms in total. The van der Waals surface area contributed by atoms with Crippen LogP contribution in [0.5, 0.6) is 0 Å². The summed E-state index contributed by atoms with van der Waals surface area (Å²) < 4.78 is 48.7. The van der Waals surface area contributed by atoms with Gasteiger partial charge in [0.25, 0.3) is 0 Å². The summed E-state index contributed by atoms with van der Waals surface area (Å²) in [4.78, 5) is 11.5. The lowest BCUT2D eigenvalue weighted by molar-refractivity contribution is -0.160. The van der Waals surface area contributed by atoms with Crippen molar-refractivity contribution in [3.05, 3.63) is 0 Å². The monoisotopic (exact) mass is 580 g/mol. The first-order valence-electron chi connectivity index (χ1n) is 15.3. The molecule has 0 atom stereocenters. The summed E-state index contributed by atoms with van der Waals surface area (Å²) in [5, 5.41) is 0. The minimum Gasteiger partial charge on any atom is -0.458 e. The zero-order chi connectivity index (χ0) is 29.4. The van der Waals surface area contributed by atoms with Gasteiger partial charge in [-0.25, -0.2) is 4.79 Å². The van der Waals surface area contributed by atoms with Crippen molar-refractivity contribution in [1.29, 1.82) is 0 Å². The van der Waals surface area contributed by atoms with Gasteiger partial charge < -0.3 is 42.6 Å². The largest absolute Gasteiger partial charge is 0.458 e. The Balaban J connectivity index is 3.09. The number of carbonyl (C=O) groups excluding carboxylic acids is 1. The van der Waals surface area contributed by atoms with E-state index in [4.69, 9.17) is 42.6 Å². The molecule has 0 aromatic heterocycles. The summed E-state index contributed by atoms with van der Waals surface area (Å²) in [5.74, 6) is -0.378. The van der Waals surface area contributed by atoms with Crippen LogP contribution in [-0.2, 0) is 47.4 Å². The summed E-state index contributed by atoms with van der Waals surface area (Å²) in [6, 6.07) is 0. The topological polar surface area (TPSA) is 100 Å². The third kappa shape index (κ3) is 35.2. The van der Waals surface area contributed by atoms with Gasteiger partial charge in [-0.05, 0) is 27.2 Å². The average molecular weight is 581 g/mol. The van der Waals surface area contributed by atoms with Crippen LogP contribution in [0.3, 0.4) is 0 Å². The van der Waals surface area contributed by atoms with E-state index < -0.39 is 5.60 Å². The van der Waals surface area contributed by atoms with Crippen LogP contribution >= 0.6 is 0 Å². The Morgan fingerprint density at radius 3 is 1.07 bits per heavy atom. The molecule has 0 amide bonds. The molecule has 0 radical (unpaired) electrons. The van der Waals surface area contributed by atoms with Crippen molar-refractivity contribution in [2.45, 2.75) is 84.7 Å². The summed E-state index contributed by atoms with van der Waals surface area (Å²) in [7, 11) is 0. The van der Waals surface area contributed by atoms with Crippen molar-refractivity contribution in [2.24, 2.45) is 0 Å². The molecule has 0 saturated heterocycles. The van der Waals surface area contributed by atoms with Crippen LogP contribution in [0.4, 0.5) is 0 Å². The van der Waals surface area contributed by atoms with Gasteiger partial charge in [-0.3, -0.25) is 0 Å². The summed E-state index contributed by atoms with van der Waals surface area (Å²) >= 11 is 0. The van der Waals surface area contributed by atoms with E-state index in [-0.39, 0.29) is 12.6 Å². The molecule has 10 heteroatoms. The van der Waals surface area contributed by atoms with E-state index in [1.807, 2.05) is 20.8 Å². The maximum atomic E-state index is 11.5. The third-order valence-electron chi connectivity index (χ3n) is 5.39. The van der Waals surface area contributed by atoms with Crippen molar-refractivity contribution in [3.8, 4) is 0 Å². The third-order valence-corrected chi connectivity index (χ3v) is 5.39. The van der Waals surface area contributed by atoms with Crippen LogP contribution in [0.25, 0.3) is 0 Å². The molecule has 0 aromatic carbocycles. The molecule has 0 aliphatic carbocycles. The fourth-order valence-corrected chi connectivity index (χ4v) is 3.40. The van der Waals surface area contributed by atoms with Gasteiger partial charge in [-0.2, -0.15) is 0 Å². The van der Waals surface area contributed by atoms with E-state index in [2.05, 4.69) is 6.92 Å². The second-order valence-corrected chi connectivity index (χ2v) is 10.4.